The summed E-state index contributed by atoms with van der Waals surface area (Å²) in [6.45, 7) is 9.27. The van der Waals surface area contributed by atoms with Crippen molar-refractivity contribution in [3.63, 3.8) is 0 Å². The second-order valence-corrected chi connectivity index (χ2v) is 7.34. The largest absolute Gasteiger partial charge is 0.415 e. The van der Waals surface area contributed by atoms with Gasteiger partial charge in [-0.25, -0.2) is 4.79 Å². The lowest BCUT2D eigenvalue weighted by Gasteiger charge is -2.28. The highest BCUT2D eigenvalue weighted by molar-refractivity contribution is 6.18. The minimum atomic E-state index is -0.343. The minimum absolute atomic E-state index is 0.343. The van der Waals surface area contributed by atoms with Crippen LogP contribution in [-0.4, -0.2) is 51.1 Å². The fourth-order valence-electron chi connectivity index (χ4n) is 2.47. The van der Waals surface area contributed by atoms with Crippen LogP contribution in [0.15, 0.2) is 12.1 Å². The Morgan fingerprint density at radius 3 is 2.35 bits per heavy atom. The van der Waals surface area contributed by atoms with Crippen molar-refractivity contribution in [2.75, 3.05) is 40.1 Å². The van der Waals surface area contributed by atoms with Crippen LogP contribution in [0.2, 0.25) is 0 Å². The van der Waals surface area contributed by atoms with Gasteiger partial charge in [0.15, 0.2) is 0 Å². The van der Waals surface area contributed by atoms with E-state index in [0.717, 1.165) is 11.3 Å². The fourth-order valence-corrected chi connectivity index (χ4v) is 2.67. The molecule has 0 aliphatic heterocycles. The van der Waals surface area contributed by atoms with E-state index in [9.17, 15) is 4.79 Å². The van der Waals surface area contributed by atoms with Gasteiger partial charge < -0.3 is 9.64 Å². The van der Waals surface area contributed by atoms with Gasteiger partial charge in [-0.2, -0.15) is 0 Å². The van der Waals surface area contributed by atoms with Crippen molar-refractivity contribution < 1.29 is 9.53 Å². The summed E-state index contributed by atoms with van der Waals surface area (Å²) < 4.78 is 6.37. The quantitative estimate of drug-likeness (QED) is 0.568. The summed E-state index contributed by atoms with van der Waals surface area (Å²) in [6, 6.07) is 4.18. The predicted octanol–water partition coefficient (Wildman–Crippen LogP) is 4.37. The molecule has 0 saturated heterocycles. The van der Waals surface area contributed by atoms with Crippen molar-refractivity contribution in [1.82, 2.24) is 9.38 Å². The van der Waals surface area contributed by atoms with Crippen LogP contribution >= 0.6 is 11.6 Å². The van der Waals surface area contributed by atoms with E-state index in [4.69, 9.17) is 16.3 Å². The van der Waals surface area contributed by atoms with Gasteiger partial charge in [-0.1, -0.05) is 13.8 Å². The van der Waals surface area contributed by atoms with Gasteiger partial charge in [0.05, 0.1) is 26.7 Å². The average molecular weight is 342 g/mol. The third-order valence-electron chi connectivity index (χ3n) is 3.94. The van der Waals surface area contributed by atoms with Crippen LogP contribution in [0.1, 0.15) is 37.8 Å². The number of nitrogens with zero attached hydrogens (tertiary/aromatic N) is 2. The first-order valence-corrected chi connectivity index (χ1v) is 8.64. The Morgan fingerprint density at radius 1 is 1.30 bits per heavy atom. The van der Waals surface area contributed by atoms with Crippen LogP contribution in [0, 0.1) is 6.92 Å². The van der Waals surface area contributed by atoms with Crippen LogP contribution in [0.4, 0.5) is 10.5 Å². The number of amides is 1. The van der Waals surface area contributed by atoms with E-state index in [1.165, 1.54) is 5.56 Å². The number of rotatable bonds is 6. The number of hydrogen-bond acceptors (Lipinski definition) is 2. The number of halogens is 1. The van der Waals surface area contributed by atoms with E-state index >= 15 is 0 Å². The summed E-state index contributed by atoms with van der Waals surface area (Å²) in [7, 11) is 6.34. The number of benzene rings is 1. The van der Waals surface area contributed by atoms with Gasteiger partial charge >= 0.3 is 6.09 Å². The number of hydrogen-bond donors (Lipinski definition) is 0. The summed E-state index contributed by atoms with van der Waals surface area (Å²) in [5.74, 6) is 1.40. The Hall–Kier alpha value is -1.26. The maximum absolute atomic E-state index is 12.4. The van der Waals surface area contributed by atoms with Crippen LogP contribution in [0.5, 0.6) is 5.75 Å². The molecule has 4 nitrogen and oxygen atoms in total. The van der Waals surface area contributed by atoms with Gasteiger partial charge in [-0.15, -0.1) is 11.6 Å². The van der Waals surface area contributed by atoms with Gasteiger partial charge in [0, 0.05) is 25.0 Å². The first-order valence-electron chi connectivity index (χ1n) is 8.11. The molecule has 0 fully saturated rings. The Balaban J connectivity index is 3.24. The van der Waals surface area contributed by atoms with Crippen LogP contribution in [0.25, 0.3) is 0 Å². The Morgan fingerprint density at radius 2 is 1.91 bits per heavy atom. The molecule has 5 heteroatoms. The molecule has 1 rings (SSSR count). The fraction of sp³-hybridized carbons (Fsp3) is 0.611. The van der Waals surface area contributed by atoms with Crippen molar-refractivity contribution in [3.05, 3.63) is 23.3 Å². The topological polar surface area (TPSA) is 29.5 Å². The number of quaternary nitrogens is 1. The predicted molar refractivity (Wildman–Crippen MR) is 98.8 cm³/mol. The van der Waals surface area contributed by atoms with Crippen molar-refractivity contribution >= 4 is 23.4 Å². The molecule has 0 aliphatic carbocycles. The zero-order valence-electron chi connectivity index (χ0n) is 15.4. The third-order valence-corrected chi connectivity index (χ3v) is 4.10. The summed E-state index contributed by atoms with van der Waals surface area (Å²) in [6.07, 6.45) is -0.343. The van der Waals surface area contributed by atoms with Gasteiger partial charge in [0.25, 0.3) is 0 Å². The van der Waals surface area contributed by atoms with Crippen LogP contribution < -0.4 is 9.22 Å². The second kappa shape index (κ2) is 8.02. The van der Waals surface area contributed by atoms with E-state index in [1.54, 1.807) is 4.90 Å². The zero-order chi connectivity index (χ0) is 17.8. The molecule has 0 aromatic heterocycles. The van der Waals surface area contributed by atoms with Crippen molar-refractivity contribution in [1.29, 1.82) is 0 Å². The van der Waals surface area contributed by atoms with E-state index in [-0.39, 0.29) is 6.09 Å². The molecule has 0 heterocycles. The zero-order valence-corrected chi connectivity index (χ0v) is 16.2. The first-order chi connectivity index (χ1) is 10.6. The lowest BCUT2D eigenvalue weighted by atomic mass is 9.99. The van der Waals surface area contributed by atoms with Gasteiger partial charge in [0.2, 0.25) is 0 Å². The average Bonchev–Trinajstić information content (AvgIpc) is 2.45. The number of alkyl halides is 1. The molecule has 0 spiro atoms. The molecule has 1 aromatic rings. The number of ether oxygens (including phenoxy) is 1. The Labute approximate surface area is 145 Å². The number of carbonyl (C=O) groups is 1. The Kier molecular flexibility index (Phi) is 6.90. The molecule has 23 heavy (non-hydrogen) atoms. The molecule has 0 N–H and O–H groups in total. The number of carbonyl (C=O) groups excluding carboxylic acids is 1. The lowest BCUT2D eigenvalue weighted by Crippen LogP contribution is -2.37. The smallest absolute Gasteiger partial charge is 0.410 e. The monoisotopic (exact) mass is 341 g/mol. The maximum atomic E-state index is 12.4. The first kappa shape index (κ1) is 19.8. The van der Waals surface area contributed by atoms with Crippen molar-refractivity contribution in [2.45, 2.75) is 33.6 Å². The van der Waals surface area contributed by atoms with Gasteiger partial charge in [-0.3, -0.25) is 4.48 Å². The van der Waals surface area contributed by atoms with Crippen LogP contribution in [-0.2, 0) is 0 Å². The molecule has 130 valence electrons. The summed E-state index contributed by atoms with van der Waals surface area (Å²) in [5.41, 5.74) is 3.32. The van der Waals surface area contributed by atoms with E-state index in [1.807, 2.05) is 19.9 Å². The standard InChI is InChI=1S/C18H30ClN2O2/c1-8-20(10-9-19)18(22)23-17-12-15(13(2)3)11-16(14(17)4)21(5,6)7/h11-13H,8-10H2,1-7H3/q+1. The van der Waals surface area contributed by atoms with Crippen molar-refractivity contribution in [3.8, 4) is 5.75 Å². The van der Waals surface area contributed by atoms with Crippen LogP contribution in [0.3, 0.4) is 0 Å². The molecule has 0 aliphatic rings. The van der Waals surface area contributed by atoms with E-state index < -0.39 is 0 Å². The maximum Gasteiger partial charge on any atom is 0.415 e. The van der Waals surface area contributed by atoms with Gasteiger partial charge in [-0.05, 0) is 31.4 Å². The lowest BCUT2D eigenvalue weighted by molar-refractivity contribution is 0.157. The Bertz CT molecular complexity index is 551. The minimum Gasteiger partial charge on any atom is -0.410 e. The third kappa shape index (κ3) is 5.11. The summed E-state index contributed by atoms with van der Waals surface area (Å²) >= 11 is 5.75. The molecule has 0 saturated carbocycles. The molecular formula is C18H30ClN2O2+. The summed E-state index contributed by atoms with van der Waals surface area (Å²) in [5, 5.41) is 0. The molecule has 1 amide bonds. The molecular weight excluding hydrogens is 312 g/mol. The van der Waals surface area contributed by atoms with Gasteiger partial charge in [0.1, 0.15) is 11.4 Å². The van der Waals surface area contributed by atoms with E-state index in [2.05, 4.69) is 41.1 Å². The molecule has 0 atom stereocenters. The SMILES string of the molecule is CCN(CCCl)C(=O)Oc1cc(C(C)C)cc([N+](C)(C)C)c1C. The molecule has 0 unspecified atom stereocenters. The molecule has 0 radical (unpaired) electrons. The highest BCUT2D eigenvalue weighted by Gasteiger charge is 2.23. The molecule has 1 aromatic carbocycles. The highest BCUT2D eigenvalue weighted by atomic mass is 35.5. The van der Waals surface area contributed by atoms with Crippen molar-refractivity contribution in [2.24, 2.45) is 0 Å². The highest BCUT2D eigenvalue weighted by Crippen LogP contribution is 2.35. The van der Waals surface area contributed by atoms with E-state index in [0.29, 0.717) is 35.1 Å². The normalized spacial score (nSPS) is 11.7. The second-order valence-electron chi connectivity index (χ2n) is 6.97. The summed E-state index contributed by atoms with van der Waals surface area (Å²) in [4.78, 5) is 14.0. The molecule has 0 bridgehead atoms.